The van der Waals surface area contributed by atoms with Gasteiger partial charge in [0.25, 0.3) is 0 Å². The van der Waals surface area contributed by atoms with Gasteiger partial charge in [-0.05, 0) is 51.0 Å². The molecule has 1 atom stereocenters. The molecule has 0 saturated carbocycles. The molecule has 0 heterocycles. The van der Waals surface area contributed by atoms with Gasteiger partial charge in [-0.25, -0.2) is 0 Å². The summed E-state index contributed by atoms with van der Waals surface area (Å²) in [5, 5.41) is 3.65. The lowest BCUT2D eigenvalue weighted by Crippen LogP contribution is -2.42. The molecule has 1 nitrogen and oxygen atoms in total. The minimum Gasteiger partial charge on any atom is -0.312 e. The molecule has 0 aromatic carbocycles. The van der Waals surface area contributed by atoms with Crippen LogP contribution in [-0.4, -0.2) is 12.1 Å². The van der Waals surface area contributed by atoms with Gasteiger partial charge in [0.15, 0.2) is 0 Å². The smallest absolute Gasteiger partial charge is 0.00966 e. The fourth-order valence-electron chi connectivity index (χ4n) is 1.81. The van der Waals surface area contributed by atoms with Crippen LogP contribution in [0.3, 0.4) is 0 Å². The molecule has 16 heavy (non-hydrogen) atoms. The third-order valence-corrected chi connectivity index (χ3v) is 3.20. The van der Waals surface area contributed by atoms with E-state index in [0.29, 0.717) is 5.41 Å². The average molecular weight is 227 g/mol. The van der Waals surface area contributed by atoms with Crippen molar-refractivity contribution in [1.82, 2.24) is 5.32 Å². The van der Waals surface area contributed by atoms with Gasteiger partial charge >= 0.3 is 0 Å². The molecule has 0 bridgehead atoms. The highest BCUT2D eigenvalue weighted by molar-refractivity contribution is 4.80. The topological polar surface area (TPSA) is 12.0 Å². The van der Waals surface area contributed by atoms with Crippen molar-refractivity contribution in [1.29, 1.82) is 0 Å². The van der Waals surface area contributed by atoms with Gasteiger partial charge in [-0.3, -0.25) is 0 Å². The normalized spacial score (nSPS) is 15.6. The second kappa shape index (κ2) is 6.05. The molecule has 1 heteroatoms. The third-order valence-electron chi connectivity index (χ3n) is 3.20. The van der Waals surface area contributed by atoms with E-state index < -0.39 is 0 Å². The molecule has 1 unspecified atom stereocenters. The summed E-state index contributed by atoms with van der Waals surface area (Å²) in [5.41, 5.74) is 0.647. The molecule has 0 aliphatic carbocycles. The van der Waals surface area contributed by atoms with E-state index >= 15 is 0 Å². The number of hydrogen-bond acceptors (Lipinski definition) is 1. The Morgan fingerprint density at radius 3 is 1.69 bits per heavy atom. The minimum absolute atomic E-state index is 0.237. The van der Waals surface area contributed by atoms with E-state index in [2.05, 4.69) is 60.7 Å². The number of hydrogen-bond donors (Lipinski definition) is 1. The monoisotopic (exact) mass is 227 g/mol. The standard InChI is InChI=1S/C15H33N/c1-12(2)9-10-13(14(3,4)5)11-16-15(6,7)8/h12-13,16H,9-11H2,1-8H3. The zero-order valence-electron chi connectivity index (χ0n) is 12.8. The Balaban J connectivity index is 4.23. The van der Waals surface area contributed by atoms with Crippen molar-refractivity contribution < 1.29 is 0 Å². The summed E-state index contributed by atoms with van der Waals surface area (Å²) in [6.45, 7) is 19.6. The Morgan fingerprint density at radius 1 is 0.875 bits per heavy atom. The molecule has 0 aliphatic heterocycles. The van der Waals surface area contributed by atoms with Crippen LogP contribution in [0.25, 0.3) is 0 Å². The van der Waals surface area contributed by atoms with Crippen LogP contribution in [0.4, 0.5) is 0 Å². The van der Waals surface area contributed by atoms with Crippen molar-refractivity contribution in [2.24, 2.45) is 17.3 Å². The first kappa shape index (κ1) is 16.0. The summed E-state index contributed by atoms with van der Waals surface area (Å²) in [7, 11) is 0. The Labute approximate surface area is 103 Å². The van der Waals surface area contributed by atoms with Crippen molar-refractivity contribution in [3.8, 4) is 0 Å². The summed E-state index contributed by atoms with van der Waals surface area (Å²) in [5.74, 6) is 1.59. The van der Waals surface area contributed by atoms with Crippen molar-refractivity contribution in [2.45, 2.75) is 73.8 Å². The predicted molar refractivity (Wildman–Crippen MR) is 74.8 cm³/mol. The average Bonchev–Trinajstić information content (AvgIpc) is 1.98. The molecule has 0 amide bonds. The zero-order valence-corrected chi connectivity index (χ0v) is 12.8. The third kappa shape index (κ3) is 8.15. The Kier molecular flexibility index (Phi) is 6.03. The van der Waals surface area contributed by atoms with Crippen LogP contribution in [0.5, 0.6) is 0 Å². The molecule has 98 valence electrons. The Morgan fingerprint density at radius 2 is 1.38 bits per heavy atom. The number of rotatable bonds is 5. The highest BCUT2D eigenvalue weighted by Crippen LogP contribution is 2.30. The van der Waals surface area contributed by atoms with Gasteiger partial charge in [0.1, 0.15) is 0 Å². The van der Waals surface area contributed by atoms with E-state index in [1.165, 1.54) is 12.8 Å². The summed E-state index contributed by atoms with van der Waals surface area (Å²) >= 11 is 0. The van der Waals surface area contributed by atoms with Crippen LogP contribution in [-0.2, 0) is 0 Å². The lowest BCUT2D eigenvalue weighted by Gasteiger charge is -2.34. The van der Waals surface area contributed by atoms with Crippen molar-refractivity contribution in [2.75, 3.05) is 6.54 Å². The maximum atomic E-state index is 3.65. The molecule has 0 spiro atoms. The van der Waals surface area contributed by atoms with Gasteiger partial charge in [0.05, 0.1) is 0 Å². The quantitative estimate of drug-likeness (QED) is 0.730. The molecule has 0 radical (unpaired) electrons. The lowest BCUT2D eigenvalue weighted by molar-refractivity contribution is 0.194. The van der Waals surface area contributed by atoms with Crippen LogP contribution in [0.1, 0.15) is 68.2 Å². The molecule has 0 aromatic rings. The molecule has 0 fully saturated rings. The maximum absolute atomic E-state index is 3.65. The first-order chi connectivity index (χ1) is 7.02. The maximum Gasteiger partial charge on any atom is 0.00966 e. The van der Waals surface area contributed by atoms with E-state index in [1.807, 2.05) is 0 Å². The van der Waals surface area contributed by atoms with E-state index in [1.54, 1.807) is 0 Å². The highest BCUT2D eigenvalue weighted by Gasteiger charge is 2.25. The van der Waals surface area contributed by atoms with Gasteiger partial charge in [-0.1, -0.05) is 41.0 Å². The van der Waals surface area contributed by atoms with E-state index in [-0.39, 0.29) is 5.54 Å². The van der Waals surface area contributed by atoms with Crippen LogP contribution in [0.2, 0.25) is 0 Å². The molecule has 0 rings (SSSR count). The predicted octanol–water partition coefficient (Wildman–Crippen LogP) is 4.47. The van der Waals surface area contributed by atoms with E-state index in [4.69, 9.17) is 0 Å². The summed E-state index contributed by atoms with van der Waals surface area (Å²) in [4.78, 5) is 0. The second-order valence-electron chi connectivity index (χ2n) is 7.67. The first-order valence-corrected chi connectivity index (χ1v) is 6.77. The second-order valence-corrected chi connectivity index (χ2v) is 7.67. The van der Waals surface area contributed by atoms with Gasteiger partial charge in [0, 0.05) is 5.54 Å². The lowest BCUT2D eigenvalue weighted by atomic mass is 9.77. The Bertz CT molecular complexity index is 181. The van der Waals surface area contributed by atoms with Crippen molar-refractivity contribution >= 4 is 0 Å². The fraction of sp³-hybridized carbons (Fsp3) is 1.00. The minimum atomic E-state index is 0.237. The molecular weight excluding hydrogens is 194 g/mol. The van der Waals surface area contributed by atoms with E-state index in [0.717, 1.165) is 18.4 Å². The van der Waals surface area contributed by atoms with Crippen LogP contribution < -0.4 is 5.32 Å². The highest BCUT2D eigenvalue weighted by atomic mass is 14.9. The molecule has 1 N–H and O–H groups in total. The first-order valence-electron chi connectivity index (χ1n) is 6.77. The molecule has 0 saturated heterocycles. The van der Waals surface area contributed by atoms with Crippen LogP contribution in [0.15, 0.2) is 0 Å². The zero-order chi connectivity index (χ0) is 13.0. The van der Waals surface area contributed by atoms with Gasteiger partial charge in [-0.15, -0.1) is 0 Å². The van der Waals surface area contributed by atoms with E-state index in [9.17, 15) is 0 Å². The molecular formula is C15H33N. The van der Waals surface area contributed by atoms with Crippen LogP contribution >= 0.6 is 0 Å². The largest absolute Gasteiger partial charge is 0.312 e. The van der Waals surface area contributed by atoms with Crippen molar-refractivity contribution in [3.63, 3.8) is 0 Å². The molecule has 0 aromatic heterocycles. The van der Waals surface area contributed by atoms with Gasteiger partial charge in [-0.2, -0.15) is 0 Å². The summed E-state index contributed by atoms with van der Waals surface area (Å²) < 4.78 is 0. The fourth-order valence-corrected chi connectivity index (χ4v) is 1.81. The SMILES string of the molecule is CC(C)CCC(CNC(C)(C)C)C(C)(C)C. The summed E-state index contributed by atoms with van der Waals surface area (Å²) in [6, 6.07) is 0. The van der Waals surface area contributed by atoms with Crippen molar-refractivity contribution in [3.05, 3.63) is 0 Å². The summed E-state index contributed by atoms with van der Waals surface area (Å²) in [6.07, 6.45) is 2.68. The molecule has 0 aliphatic rings. The number of nitrogens with one attached hydrogen (secondary N) is 1. The Hall–Kier alpha value is -0.0400. The van der Waals surface area contributed by atoms with Gasteiger partial charge in [0.2, 0.25) is 0 Å². The van der Waals surface area contributed by atoms with Gasteiger partial charge < -0.3 is 5.32 Å². The van der Waals surface area contributed by atoms with Crippen LogP contribution in [0, 0.1) is 17.3 Å².